The van der Waals surface area contributed by atoms with E-state index in [-0.39, 0.29) is 25.8 Å². The quantitative estimate of drug-likeness (QED) is 0.0269. The van der Waals surface area contributed by atoms with Gasteiger partial charge in [0, 0.05) is 12.6 Å². The molecule has 0 heterocycles. The molecule has 0 bridgehead atoms. The summed E-state index contributed by atoms with van der Waals surface area (Å²) in [5.41, 5.74) is 2.12. The Morgan fingerprint density at radius 3 is 1.31 bits per heavy atom. The van der Waals surface area contributed by atoms with Crippen molar-refractivity contribution in [3.8, 4) is 5.75 Å². The summed E-state index contributed by atoms with van der Waals surface area (Å²) in [4.78, 5) is 28.7. The van der Waals surface area contributed by atoms with Crippen LogP contribution in [0.2, 0.25) is 0 Å². The molecule has 0 saturated heterocycles. The first kappa shape index (κ1) is 57.4. The van der Waals surface area contributed by atoms with Crippen molar-refractivity contribution in [2.75, 3.05) is 126 Å². The van der Waals surface area contributed by atoms with E-state index < -0.39 is 5.97 Å². The lowest BCUT2D eigenvalue weighted by atomic mass is 10.1. The van der Waals surface area contributed by atoms with Gasteiger partial charge in [-0.1, -0.05) is 70.4 Å². The van der Waals surface area contributed by atoms with Crippen LogP contribution < -0.4 is 4.74 Å². The number of allylic oxidation sites excluding steroid dienone is 2. The largest absolute Gasteiger partial charge is 0.497 e. The van der Waals surface area contributed by atoms with Crippen LogP contribution in [0.3, 0.4) is 0 Å². The van der Waals surface area contributed by atoms with Crippen LogP contribution in [-0.2, 0) is 52.2 Å². The number of hydrogen-bond donors (Lipinski definition) is 0. The molecule has 0 radical (unpaired) electrons. The first-order valence-electron chi connectivity index (χ1n) is 24.0. The predicted molar refractivity (Wildman–Crippen MR) is 254 cm³/mol. The van der Waals surface area contributed by atoms with Gasteiger partial charge in [-0.25, -0.2) is 4.79 Å². The van der Waals surface area contributed by atoms with Gasteiger partial charge in [-0.3, -0.25) is 9.79 Å². The minimum atomic E-state index is -0.418. The SMILES string of the molecule is CCCCCCCC/C=C\CCCCCCCC(=O)OCCOCCOCCOCCOCCOCCOCCOCCOCCOC(=O)c1ccc(N=Cc2ccc(OC)cc2)cc1. The molecule has 14 nitrogen and oxygen atoms in total. The molecular weight excluding hydrogens is 835 g/mol. The molecule has 0 aliphatic heterocycles. The number of carbonyl (C=O) groups is 2. The summed E-state index contributed by atoms with van der Waals surface area (Å²) in [5, 5.41) is 0. The fourth-order valence-electron chi connectivity index (χ4n) is 6.07. The maximum absolute atomic E-state index is 12.3. The average molecular weight is 916 g/mol. The highest BCUT2D eigenvalue weighted by molar-refractivity contribution is 5.90. The van der Waals surface area contributed by atoms with Crippen molar-refractivity contribution in [1.82, 2.24) is 0 Å². The molecule has 14 heteroatoms. The molecule has 0 saturated carbocycles. The second kappa shape index (κ2) is 44.1. The predicted octanol–water partition coefficient (Wildman–Crippen LogP) is 9.32. The van der Waals surface area contributed by atoms with E-state index in [0.717, 1.165) is 29.8 Å². The van der Waals surface area contributed by atoms with Crippen molar-refractivity contribution in [3.05, 3.63) is 71.8 Å². The summed E-state index contributed by atoms with van der Waals surface area (Å²) in [6, 6.07) is 14.5. The van der Waals surface area contributed by atoms with Crippen LogP contribution >= 0.6 is 0 Å². The molecule has 2 aromatic rings. The summed E-state index contributed by atoms with van der Waals surface area (Å²) in [5.74, 6) is 0.220. The molecule has 0 aromatic heterocycles. The summed E-state index contributed by atoms with van der Waals surface area (Å²) < 4.78 is 59.7. The Hall–Kier alpha value is -3.73. The minimum absolute atomic E-state index is 0.146. The first-order chi connectivity index (χ1) is 32.1. The van der Waals surface area contributed by atoms with Crippen LogP contribution in [-0.4, -0.2) is 144 Å². The number of aliphatic imine (C=N–C) groups is 1. The van der Waals surface area contributed by atoms with E-state index in [1.54, 1.807) is 37.6 Å². The van der Waals surface area contributed by atoms with Crippen LogP contribution in [0.15, 0.2) is 65.7 Å². The van der Waals surface area contributed by atoms with Gasteiger partial charge in [0.15, 0.2) is 0 Å². The second-order valence-corrected chi connectivity index (χ2v) is 15.2. The number of ether oxygens (including phenoxy) is 11. The molecule has 0 fully saturated rings. The third kappa shape index (κ3) is 36.1. The maximum atomic E-state index is 12.3. The van der Waals surface area contributed by atoms with E-state index in [9.17, 15) is 9.59 Å². The van der Waals surface area contributed by atoms with E-state index in [1.165, 1.54) is 70.6 Å². The number of carbonyl (C=O) groups excluding carboxylic acids is 2. The van der Waals surface area contributed by atoms with E-state index in [4.69, 9.17) is 52.1 Å². The third-order valence-corrected chi connectivity index (χ3v) is 9.78. The van der Waals surface area contributed by atoms with E-state index >= 15 is 0 Å². The van der Waals surface area contributed by atoms with Gasteiger partial charge in [0.1, 0.15) is 19.0 Å². The van der Waals surface area contributed by atoms with Gasteiger partial charge in [0.05, 0.1) is 124 Å². The molecular formula is C51H81NO13. The monoisotopic (exact) mass is 916 g/mol. The highest BCUT2D eigenvalue weighted by Gasteiger charge is 2.07. The Morgan fingerprint density at radius 1 is 0.462 bits per heavy atom. The smallest absolute Gasteiger partial charge is 0.338 e. The molecule has 0 aliphatic carbocycles. The van der Waals surface area contributed by atoms with Gasteiger partial charge < -0.3 is 52.1 Å². The molecule has 368 valence electrons. The van der Waals surface area contributed by atoms with Crippen LogP contribution in [0, 0.1) is 0 Å². The number of benzene rings is 2. The van der Waals surface area contributed by atoms with Gasteiger partial charge in [-0.15, -0.1) is 0 Å². The zero-order valence-electron chi connectivity index (χ0n) is 39.7. The molecule has 2 aromatic carbocycles. The third-order valence-electron chi connectivity index (χ3n) is 9.78. The standard InChI is InChI=1S/C51H81NO13/c1-3-4-5-6-7-8-9-10-11-12-13-14-15-16-17-18-50(53)64-43-41-62-39-37-60-35-33-58-31-29-56-27-28-57-30-32-59-34-36-61-38-40-63-42-44-65-51(54)47-21-23-48(24-22-47)52-45-46-19-25-49(55-2)26-20-46/h10-11,19-26,45H,3-9,12-18,27-44H2,1-2H3/b11-10-,52-45?. The van der Waals surface area contributed by atoms with Gasteiger partial charge in [-0.05, 0) is 86.2 Å². The van der Waals surface area contributed by atoms with Crippen LogP contribution in [0.1, 0.15) is 113 Å². The normalized spacial score (nSPS) is 11.5. The van der Waals surface area contributed by atoms with Crippen molar-refractivity contribution in [2.45, 2.75) is 96.8 Å². The first-order valence-corrected chi connectivity index (χ1v) is 24.0. The number of esters is 2. The van der Waals surface area contributed by atoms with Gasteiger partial charge >= 0.3 is 11.9 Å². The average Bonchev–Trinajstić information content (AvgIpc) is 3.33. The van der Waals surface area contributed by atoms with E-state index in [1.807, 2.05) is 24.3 Å². The molecule has 0 aliphatic rings. The molecule has 0 unspecified atom stereocenters. The fraction of sp³-hybridized carbons (Fsp3) is 0.667. The van der Waals surface area contributed by atoms with Gasteiger partial charge in [-0.2, -0.15) is 0 Å². The Labute approximate surface area is 389 Å². The lowest BCUT2D eigenvalue weighted by Gasteiger charge is -2.09. The van der Waals surface area contributed by atoms with Crippen LogP contribution in [0.25, 0.3) is 0 Å². The molecule has 65 heavy (non-hydrogen) atoms. The number of unbranched alkanes of at least 4 members (excludes halogenated alkanes) is 11. The molecule has 2 rings (SSSR count). The van der Waals surface area contributed by atoms with Crippen molar-refractivity contribution in [1.29, 1.82) is 0 Å². The fourth-order valence-corrected chi connectivity index (χ4v) is 6.07. The van der Waals surface area contributed by atoms with Crippen molar-refractivity contribution in [2.24, 2.45) is 4.99 Å². The summed E-state index contributed by atoms with van der Waals surface area (Å²) >= 11 is 0. The van der Waals surface area contributed by atoms with Crippen LogP contribution in [0.4, 0.5) is 5.69 Å². The second-order valence-electron chi connectivity index (χ2n) is 15.2. The van der Waals surface area contributed by atoms with Crippen molar-refractivity contribution >= 4 is 23.8 Å². The highest BCUT2D eigenvalue weighted by Crippen LogP contribution is 2.16. The topological polar surface area (TPSA) is 148 Å². The Kier molecular flexibility index (Phi) is 39.0. The number of rotatable bonds is 46. The molecule has 0 atom stereocenters. The summed E-state index contributed by atoms with van der Waals surface area (Å²) in [7, 11) is 1.63. The zero-order chi connectivity index (χ0) is 46.4. The van der Waals surface area contributed by atoms with Crippen molar-refractivity contribution in [3.63, 3.8) is 0 Å². The molecule has 0 amide bonds. The Balaban J connectivity index is 1.20. The molecule has 0 N–H and O–H groups in total. The van der Waals surface area contributed by atoms with Gasteiger partial charge in [0.25, 0.3) is 0 Å². The number of hydrogen-bond acceptors (Lipinski definition) is 14. The highest BCUT2D eigenvalue weighted by atomic mass is 16.6. The minimum Gasteiger partial charge on any atom is -0.497 e. The van der Waals surface area contributed by atoms with E-state index in [2.05, 4.69) is 24.1 Å². The summed E-state index contributed by atoms with van der Waals surface area (Å²) in [6.45, 7) is 9.68. The Bertz CT molecular complexity index is 1440. The van der Waals surface area contributed by atoms with E-state index in [0.29, 0.717) is 111 Å². The summed E-state index contributed by atoms with van der Waals surface area (Å²) in [6.07, 6.45) is 23.0. The lowest BCUT2D eigenvalue weighted by Crippen LogP contribution is -2.15. The van der Waals surface area contributed by atoms with Crippen LogP contribution in [0.5, 0.6) is 5.75 Å². The molecule has 0 spiro atoms. The maximum Gasteiger partial charge on any atom is 0.338 e. The lowest BCUT2D eigenvalue weighted by molar-refractivity contribution is -0.145. The van der Waals surface area contributed by atoms with Crippen molar-refractivity contribution < 1.29 is 61.7 Å². The van der Waals surface area contributed by atoms with Gasteiger partial charge in [0.2, 0.25) is 0 Å². The number of methoxy groups -OCH3 is 1. The number of nitrogens with zero attached hydrogens (tertiary/aromatic N) is 1. The zero-order valence-corrected chi connectivity index (χ0v) is 39.7. The Morgan fingerprint density at radius 2 is 0.862 bits per heavy atom.